The average molecular weight is 324 g/mol. The summed E-state index contributed by atoms with van der Waals surface area (Å²) in [5.41, 5.74) is 1.30. The zero-order chi connectivity index (χ0) is 15.9. The van der Waals surface area contributed by atoms with Crippen LogP contribution in [0, 0.1) is 5.92 Å². The van der Waals surface area contributed by atoms with E-state index in [1.165, 1.54) is 50.0 Å². The Bertz CT molecular complexity index is 666. The molecule has 2 aromatic rings. The van der Waals surface area contributed by atoms with Crippen LogP contribution in [0.3, 0.4) is 0 Å². The van der Waals surface area contributed by atoms with Crippen LogP contribution in [0.5, 0.6) is 0 Å². The smallest absolute Gasteiger partial charge is 0.137 e. The maximum Gasteiger partial charge on any atom is 0.137 e. The number of hydrogen-bond acceptors (Lipinski definition) is 5. The van der Waals surface area contributed by atoms with Gasteiger partial charge in [-0.3, -0.25) is 4.68 Å². The normalized spacial score (nSPS) is 22.1. The standard InChI is InChI=1S/C18H24N6/c1-2-14(1)16-9-17(22-18(21-16)15-3-4-15)23-7-5-13(6-8-23)10-24-12-19-11-20-24/h9,11-15H,1-8,10H2. The summed E-state index contributed by atoms with van der Waals surface area (Å²) in [4.78, 5) is 16.3. The van der Waals surface area contributed by atoms with Gasteiger partial charge in [0, 0.05) is 43.2 Å². The molecule has 1 aliphatic heterocycles. The maximum atomic E-state index is 4.92. The van der Waals surface area contributed by atoms with Crippen molar-refractivity contribution in [2.24, 2.45) is 5.92 Å². The van der Waals surface area contributed by atoms with Crippen molar-refractivity contribution in [3.05, 3.63) is 30.2 Å². The van der Waals surface area contributed by atoms with Gasteiger partial charge in [0.25, 0.3) is 0 Å². The molecule has 0 atom stereocenters. The van der Waals surface area contributed by atoms with E-state index in [4.69, 9.17) is 9.97 Å². The molecule has 0 amide bonds. The van der Waals surface area contributed by atoms with Gasteiger partial charge in [0.05, 0.1) is 0 Å². The van der Waals surface area contributed by atoms with Crippen LogP contribution in [0.4, 0.5) is 5.82 Å². The summed E-state index contributed by atoms with van der Waals surface area (Å²) in [6, 6.07) is 2.27. The first-order valence-electron chi connectivity index (χ1n) is 9.31. The van der Waals surface area contributed by atoms with Crippen molar-refractivity contribution in [1.29, 1.82) is 0 Å². The molecule has 0 N–H and O–H groups in total. The van der Waals surface area contributed by atoms with Gasteiger partial charge >= 0.3 is 0 Å². The Balaban J connectivity index is 1.28. The number of nitrogens with zero attached hydrogens (tertiary/aromatic N) is 6. The molecule has 1 saturated heterocycles. The van der Waals surface area contributed by atoms with E-state index in [9.17, 15) is 0 Å². The highest BCUT2D eigenvalue weighted by Gasteiger charge is 2.32. The van der Waals surface area contributed by atoms with Crippen molar-refractivity contribution in [1.82, 2.24) is 24.7 Å². The second kappa shape index (κ2) is 5.83. The lowest BCUT2D eigenvalue weighted by atomic mass is 9.97. The summed E-state index contributed by atoms with van der Waals surface area (Å²) in [6.45, 7) is 3.16. The van der Waals surface area contributed by atoms with Crippen molar-refractivity contribution >= 4 is 5.82 Å². The molecular weight excluding hydrogens is 300 g/mol. The first-order valence-corrected chi connectivity index (χ1v) is 9.31. The number of hydrogen-bond donors (Lipinski definition) is 0. The van der Waals surface area contributed by atoms with Gasteiger partial charge in [-0.1, -0.05) is 0 Å². The SMILES string of the molecule is c1ncn(CC2CCN(c3cc(C4CC4)nc(C4CC4)n3)CC2)n1. The third-order valence-corrected chi connectivity index (χ3v) is 5.54. The molecule has 126 valence electrons. The highest BCUT2D eigenvalue weighted by atomic mass is 15.3. The van der Waals surface area contributed by atoms with E-state index in [0.29, 0.717) is 17.8 Å². The molecule has 2 aliphatic carbocycles. The third-order valence-electron chi connectivity index (χ3n) is 5.54. The van der Waals surface area contributed by atoms with E-state index in [-0.39, 0.29) is 0 Å². The minimum absolute atomic E-state index is 0.632. The summed E-state index contributed by atoms with van der Waals surface area (Å²) in [7, 11) is 0. The molecule has 0 radical (unpaired) electrons. The molecular formula is C18H24N6. The van der Waals surface area contributed by atoms with Crippen LogP contribution in [0.1, 0.15) is 61.9 Å². The fraction of sp³-hybridized carbons (Fsp3) is 0.667. The molecule has 3 fully saturated rings. The number of rotatable bonds is 5. The largest absolute Gasteiger partial charge is 0.356 e. The summed E-state index contributed by atoms with van der Waals surface area (Å²) in [5.74, 6) is 4.31. The van der Waals surface area contributed by atoms with Crippen LogP contribution < -0.4 is 4.90 Å². The Hall–Kier alpha value is -1.98. The van der Waals surface area contributed by atoms with E-state index in [1.54, 1.807) is 6.33 Å². The van der Waals surface area contributed by atoms with E-state index < -0.39 is 0 Å². The molecule has 0 unspecified atom stereocenters. The Morgan fingerprint density at radius 2 is 1.75 bits per heavy atom. The van der Waals surface area contributed by atoms with E-state index in [2.05, 4.69) is 21.0 Å². The topological polar surface area (TPSA) is 59.7 Å². The number of anilines is 1. The van der Waals surface area contributed by atoms with Gasteiger partial charge in [-0.15, -0.1) is 0 Å². The monoisotopic (exact) mass is 324 g/mol. The molecule has 24 heavy (non-hydrogen) atoms. The summed E-state index contributed by atoms with van der Waals surface area (Å²) < 4.78 is 1.96. The van der Waals surface area contributed by atoms with E-state index in [1.807, 2.05) is 11.0 Å². The third kappa shape index (κ3) is 3.01. The van der Waals surface area contributed by atoms with Crippen LogP contribution in [0.2, 0.25) is 0 Å². The van der Waals surface area contributed by atoms with Gasteiger partial charge in [-0.2, -0.15) is 5.10 Å². The lowest BCUT2D eigenvalue weighted by molar-refractivity contribution is 0.341. The Morgan fingerprint density at radius 3 is 2.42 bits per heavy atom. The Kier molecular flexibility index (Phi) is 3.49. The minimum atomic E-state index is 0.632. The quantitative estimate of drug-likeness (QED) is 0.846. The van der Waals surface area contributed by atoms with Gasteiger partial charge in [-0.25, -0.2) is 15.0 Å². The van der Waals surface area contributed by atoms with E-state index >= 15 is 0 Å². The number of aromatic nitrogens is 5. The zero-order valence-electron chi connectivity index (χ0n) is 14.0. The number of piperidine rings is 1. The van der Waals surface area contributed by atoms with Crippen molar-refractivity contribution in [2.75, 3.05) is 18.0 Å². The van der Waals surface area contributed by atoms with Crippen molar-refractivity contribution in [3.63, 3.8) is 0 Å². The second-order valence-corrected chi connectivity index (χ2v) is 7.61. The summed E-state index contributed by atoms with van der Waals surface area (Å²) in [5, 5.41) is 4.23. The highest BCUT2D eigenvalue weighted by molar-refractivity contribution is 5.42. The van der Waals surface area contributed by atoms with Gasteiger partial charge in [0.2, 0.25) is 0 Å². The molecule has 0 spiro atoms. The lowest BCUT2D eigenvalue weighted by Gasteiger charge is -2.33. The first-order chi connectivity index (χ1) is 11.8. The van der Waals surface area contributed by atoms with Gasteiger partial charge in [-0.05, 0) is 44.4 Å². The predicted molar refractivity (Wildman–Crippen MR) is 90.9 cm³/mol. The average Bonchev–Trinajstić information content (AvgIpc) is 3.54. The minimum Gasteiger partial charge on any atom is -0.356 e. The maximum absolute atomic E-state index is 4.92. The molecule has 3 aliphatic rings. The molecule has 2 saturated carbocycles. The Labute approximate surface area is 142 Å². The zero-order valence-corrected chi connectivity index (χ0v) is 14.0. The van der Waals surface area contributed by atoms with Crippen LogP contribution in [0.15, 0.2) is 18.7 Å². The highest BCUT2D eigenvalue weighted by Crippen LogP contribution is 2.43. The first kappa shape index (κ1) is 14.4. The molecule has 3 heterocycles. The second-order valence-electron chi connectivity index (χ2n) is 7.61. The summed E-state index contributed by atoms with van der Waals surface area (Å²) in [6.07, 6.45) is 11.0. The predicted octanol–water partition coefficient (Wildman–Crippen LogP) is 2.74. The van der Waals surface area contributed by atoms with E-state index in [0.717, 1.165) is 25.5 Å². The van der Waals surface area contributed by atoms with Crippen LogP contribution in [-0.2, 0) is 6.54 Å². The van der Waals surface area contributed by atoms with Crippen LogP contribution >= 0.6 is 0 Å². The fourth-order valence-corrected chi connectivity index (χ4v) is 3.68. The molecule has 0 bridgehead atoms. The van der Waals surface area contributed by atoms with Crippen LogP contribution in [-0.4, -0.2) is 37.8 Å². The van der Waals surface area contributed by atoms with Crippen molar-refractivity contribution < 1.29 is 0 Å². The van der Waals surface area contributed by atoms with Crippen molar-refractivity contribution in [3.8, 4) is 0 Å². The fourth-order valence-electron chi connectivity index (χ4n) is 3.68. The molecule has 6 heteroatoms. The van der Waals surface area contributed by atoms with Crippen molar-refractivity contribution in [2.45, 2.75) is 56.9 Å². The van der Waals surface area contributed by atoms with Gasteiger partial charge < -0.3 is 4.90 Å². The van der Waals surface area contributed by atoms with Gasteiger partial charge in [0.15, 0.2) is 0 Å². The lowest BCUT2D eigenvalue weighted by Crippen LogP contribution is -2.35. The summed E-state index contributed by atoms with van der Waals surface area (Å²) >= 11 is 0. The Morgan fingerprint density at radius 1 is 0.958 bits per heavy atom. The molecule has 0 aromatic carbocycles. The molecule has 5 rings (SSSR count). The van der Waals surface area contributed by atoms with Crippen LogP contribution in [0.25, 0.3) is 0 Å². The van der Waals surface area contributed by atoms with Gasteiger partial charge in [0.1, 0.15) is 24.3 Å². The molecule has 6 nitrogen and oxygen atoms in total. The molecule has 2 aromatic heterocycles.